The molecule has 2 aromatic carbocycles. The molecule has 0 atom stereocenters. The summed E-state index contributed by atoms with van der Waals surface area (Å²) in [5.41, 5.74) is 2.12. The Morgan fingerprint density at radius 1 is 1.17 bits per heavy atom. The first kappa shape index (κ1) is 13.7. The summed E-state index contributed by atoms with van der Waals surface area (Å²) in [6, 6.07) is 11.2. The Kier molecular flexibility index (Phi) is 3.01. The maximum atomic E-state index is 13.2. The van der Waals surface area contributed by atoms with E-state index in [1.807, 2.05) is 16.7 Å². The second-order valence-electron chi connectivity index (χ2n) is 5.59. The fraction of sp³-hybridized carbons (Fsp3) is 0.111. The Morgan fingerprint density at radius 2 is 2.00 bits per heavy atom. The SMILES string of the molecule is O=C(Nc1cccc(F)c1)c1cn2c3c(cccc3c1=O)CC2. The largest absolute Gasteiger partial charge is 0.346 e. The molecular weight excluding hydrogens is 295 g/mol. The van der Waals surface area contributed by atoms with Crippen LogP contribution in [0.15, 0.2) is 53.5 Å². The van der Waals surface area contributed by atoms with Gasteiger partial charge in [0.25, 0.3) is 5.91 Å². The van der Waals surface area contributed by atoms with Gasteiger partial charge in [0.2, 0.25) is 5.43 Å². The van der Waals surface area contributed by atoms with Crippen LogP contribution in [0.5, 0.6) is 0 Å². The van der Waals surface area contributed by atoms with Gasteiger partial charge < -0.3 is 9.88 Å². The zero-order chi connectivity index (χ0) is 16.0. The number of aryl methyl sites for hydroxylation is 2. The summed E-state index contributed by atoms with van der Waals surface area (Å²) in [5.74, 6) is -0.968. The molecule has 3 aromatic rings. The molecule has 0 fully saturated rings. The fourth-order valence-electron chi connectivity index (χ4n) is 3.08. The minimum Gasteiger partial charge on any atom is -0.346 e. The van der Waals surface area contributed by atoms with Gasteiger partial charge in [-0.25, -0.2) is 4.39 Å². The minimum atomic E-state index is -0.524. The van der Waals surface area contributed by atoms with Crippen molar-refractivity contribution in [3.8, 4) is 0 Å². The van der Waals surface area contributed by atoms with Crippen molar-refractivity contribution < 1.29 is 9.18 Å². The highest BCUT2D eigenvalue weighted by Gasteiger charge is 2.20. The van der Waals surface area contributed by atoms with E-state index in [9.17, 15) is 14.0 Å². The van der Waals surface area contributed by atoms with E-state index in [1.165, 1.54) is 18.2 Å². The molecule has 1 amide bonds. The first-order chi connectivity index (χ1) is 11.1. The molecule has 0 saturated heterocycles. The van der Waals surface area contributed by atoms with Crippen molar-refractivity contribution in [3.63, 3.8) is 0 Å². The molecule has 1 N–H and O–H groups in total. The highest BCUT2D eigenvalue weighted by Crippen LogP contribution is 2.24. The predicted octanol–water partition coefficient (Wildman–Crippen LogP) is 2.95. The average molecular weight is 308 g/mol. The fourth-order valence-corrected chi connectivity index (χ4v) is 3.08. The molecule has 0 unspecified atom stereocenters. The van der Waals surface area contributed by atoms with Gasteiger partial charge in [0.05, 0.1) is 5.52 Å². The van der Waals surface area contributed by atoms with Crippen LogP contribution in [-0.4, -0.2) is 10.5 Å². The van der Waals surface area contributed by atoms with Crippen molar-refractivity contribution in [1.82, 2.24) is 4.57 Å². The van der Waals surface area contributed by atoms with Crippen LogP contribution < -0.4 is 10.7 Å². The first-order valence-corrected chi connectivity index (χ1v) is 7.35. The lowest BCUT2D eigenvalue weighted by atomic mass is 10.1. The van der Waals surface area contributed by atoms with Crippen LogP contribution in [-0.2, 0) is 13.0 Å². The smallest absolute Gasteiger partial charge is 0.261 e. The van der Waals surface area contributed by atoms with Crippen molar-refractivity contribution in [3.05, 3.63) is 75.8 Å². The van der Waals surface area contributed by atoms with Gasteiger partial charge in [0, 0.05) is 23.8 Å². The van der Waals surface area contributed by atoms with Gasteiger partial charge in [0.15, 0.2) is 0 Å². The molecule has 0 bridgehead atoms. The Bertz CT molecular complexity index is 1010. The van der Waals surface area contributed by atoms with Gasteiger partial charge in [-0.3, -0.25) is 9.59 Å². The number of benzene rings is 2. The predicted molar refractivity (Wildman–Crippen MR) is 86.3 cm³/mol. The van der Waals surface area contributed by atoms with Crippen LogP contribution in [0.1, 0.15) is 15.9 Å². The molecule has 23 heavy (non-hydrogen) atoms. The molecule has 114 valence electrons. The van der Waals surface area contributed by atoms with E-state index in [0.29, 0.717) is 11.1 Å². The molecule has 0 spiro atoms. The molecule has 1 aromatic heterocycles. The summed E-state index contributed by atoms with van der Waals surface area (Å²) >= 11 is 0. The van der Waals surface area contributed by atoms with E-state index in [4.69, 9.17) is 0 Å². The van der Waals surface area contributed by atoms with E-state index in [1.54, 1.807) is 18.3 Å². The Balaban J connectivity index is 1.80. The number of carbonyl (C=O) groups excluding carboxylic acids is 1. The van der Waals surface area contributed by atoms with E-state index < -0.39 is 11.7 Å². The van der Waals surface area contributed by atoms with Crippen LogP contribution in [0.4, 0.5) is 10.1 Å². The lowest BCUT2D eigenvalue weighted by molar-refractivity contribution is 0.102. The van der Waals surface area contributed by atoms with Crippen molar-refractivity contribution >= 4 is 22.5 Å². The Labute approximate surface area is 131 Å². The summed E-state index contributed by atoms with van der Waals surface area (Å²) in [4.78, 5) is 25.0. The minimum absolute atomic E-state index is 0.0702. The monoisotopic (exact) mass is 308 g/mol. The number of pyridine rings is 1. The highest BCUT2D eigenvalue weighted by atomic mass is 19.1. The summed E-state index contributed by atoms with van der Waals surface area (Å²) < 4.78 is 15.2. The second-order valence-corrected chi connectivity index (χ2v) is 5.59. The number of anilines is 1. The van der Waals surface area contributed by atoms with E-state index >= 15 is 0 Å². The van der Waals surface area contributed by atoms with Crippen LogP contribution in [0.3, 0.4) is 0 Å². The van der Waals surface area contributed by atoms with Gasteiger partial charge in [-0.15, -0.1) is 0 Å². The number of para-hydroxylation sites is 1. The molecule has 5 heteroatoms. The summed E-state index contributed by atoms with van der Waals surface area (Å²) in [5, 5.41) is 3.13. The standard InChI is InChI=1S/C18H13FN2O2/c19-12-4-2-5-13(9-12)20-18(23)15-10-21-8-7-11-3-1-6-14(16(11)21)17(15)22/h1-6,9-10H,7-8H2,(H,20,23). The number of amides is 1. The lowest BCUT2D eigenvalue weighted by Gasteiger charge is -2.09. The molecule has 0 saturated carbocycles. The number of rotatable bonds is 2. The van der Waals surface area contributed by atoms with Crippen LogP contribution >= 0.6 is 0 Å². The molecule has 4 rings (SSSR count). The van der Waals surface area contributed by atoms with Crippen molar-refractivity contribution in [2.24, 2.45) is 0 Å². The lowest BCUT2D eigenvalue weighted by Crippen LogP contribution is -2.23. The Morgan fingerprint density at radius 3 is 2.83 bits per heavy atom. The van der Waals surface area contributed by atoms with Gasteiger partial charge >= 0.3 is 0 Å². The van der Waals surface area contributed by atoms with Crippen molar-refractivity contribution in [1.29, 1.82) is 0 Å². The van der Waals surface area contributed by atoms with Crippen LogP contribution in [0.2, 0.25) is 0 Å². The number of aromatic nitrogens is 1. The van der Waals surface area contributed by atoms with Crippen molar-refractivity contribution in [2.45, 2.75) is 13.0 Å². The molecule has 4 nitrogen and oxygen atoms in total. The maximum Gasteiger partial charge on any atom is 0.261 e. The zero-order valence-corrected chi connectivity index (χ0v) is 12.2. The number of carbonyl (C=O) groups is 1. The number of hydrogen-bond acceptors (Lipinski definition) is 2. The van der Waals surface area contributed by atoms with E-state index in [-0.39, 0.29) is 11.0 Å². The van der Waals surface area contributed by atoms with Gasteiger partial charge in [-0.05, 0) is 36.2 Å². The number of nitrogens with one attached hydrogen (secondary N) is 1. The quantitative estimate of drug-likeness (QED) is 0.791. The van der Waals surface area contributed by atoms with Crippen molar-refractivity contribution in [2.75, 3.05) is 5.32 Å². The third-order valence-electron chi connectivity index (χ3n) is 4.13. The summed E-state index contributed by atoms with van der Waals surface area (Å²) in [6.07, 6.45) is 2.45. The van der Waals surface area contributed by atoms with E-state index in [2.05, 4.69) is 5.32 Å². The van der Waals surface area contributed by atoms with Gasteiger partial charge in [0.1, 0.15) is 11.4 Å². The van der Waals surface area contributed by atoms with Gasteiger partial charge in [-0.1, -0.05) is 18.2 Å². The summed E-state index contributed by atoms with van der Waals surface area (Å²) in [6.45, 7) is 0.746. The average Bonchev–Trinajstić information content (AvgIpc) is 2.95. The third kappa shape index (κ3) is 2.21. The van der Waals surface area contributed by atoms with E-state index in [0.717, 1.165) is 24.0 Å². The molecule has 1 aliphatic rings. The molecule has 0 aliphatic carbocycles. The molecular formula is C18H13FN2O2. The van der Waals surface area contributed by atoms with Crippen LogP contribution in [0.25, 0.3) is 10.9 Å². The second kappa shape index (κ2) is 5.05. The third-order valence-corrected chi connectivity index (χ3v) is 4.13. The topological polar surface area (TPSA) is 51.1 Å². The summed E-state index contributed by atoms with van der Waals surface area (Å²) in [7, 11) is 0. The molecule has 1 aliphatic heterocycles. The molecule has 0 radical (unpaired) electrons. The number of halogens is 1. The Hall–Kier alpha value is -2.95. The van der Waals surface area contributed by atoms with Crippen LogP contribution in [0, 0.1) is 5.82 Å². The zero-order valence-electron chi connectivity index (χ0n) is 12.2. The highest BCUT2D eigenvalue weighted by molar-refractivity contribution is 6.06. The molecule has 2 heterocycles. The number of nitrogens with zero attached hydrogens (tertiary/aromatic N) is 1. The first-order valence-electron chi connectivity index (χ1n) is 7.35. The normalized spacial score (nSPS) is 12.6. The van der Waals surface area contributed by atoms with Gasteiger partial charge in [-0.2, -0.15) is 0 Å². The number of hydrogen-bond donors (Lipinski definition) is 1. The maximum absolute atomic E-state index is 13.2.